The summed E-state index contributed by atoms with van der Waals surface area (Å²) in [5.41, 5.74) is 3.54. The van der Waals surface area contributed by atoms with Crippen molar-refractivity contribution in [3.8, 4) is 17.2 Å². The summed E-state index contributed by atoms with van der Waals surface area (Å²) in [7, 11) is 1.66. The van der Waals surface area contributed by atoms with Gasteiger partial charge < -0.3 is 19.3 Å². The summed E-state index contributed by atoms with van der Waals surface area (Å²) in [5, 5.41) is 10.2. The number of fused-ring (bicyclic) bond motifs is 2. The molecule has 114 valence electrons. The Bertz CT molecular complexity index is 693. The Morgan fingerprint density at radius 1 is 1.09 bits per heavy atom. The summed E-state index contributed by atoms with van der Waals surface area (Å²) < 4.78 is 16.2. The van der Waals surface area contributed by atoms with Crippen LogP contribution in [0, 0.1) is 0 Å². The molecule has 0 amide bonds. The molecule has 0 saturated heterocycles. The van der Waals surface area contributed by atoms with Crippen molar-refractivity contribution in [2.24, 2.45) is 0 Å². The van der Waals surface area contributed by atoms with E-state index in [1.54, 1.807) is 7.11 Å². The minimum absolute atomic E-state index is 0.166. The van der Waals surface area contributed by atoms with Crippen LogP contribution in [0.1, 0.15) is 29.0 Å². The molecule has 0 fully saturated rings. The molecule has 22 heavy (non-hydrogen) atoms. The first-order chi connectivity index (χ1) is 10.7. The maximum atomic E-state index is 10.2. The molecule has 1 aliphatic carbocycles. The second-order valence-corrected chi connectivity index (χ2v) is 5.82. The maximum absolute atomic E-state index is 10.2. The normalized spacial score (nSPS) is 22.3. The van der Waals surface area contributed by atoms with Gasteiger partial charge >= 0.3 is 0 Å². The highest BCUT2D eigenvalue weighted by Gasteiger charge is 2.30. The second kappa shape index (κ2) is 5.21. The molecule has 0 radical (unpaired) electrons. The van der Waals surface area contributed by atoms with E-state index in [4.69, 9.17) is 14.2 Å². The van der Waals surface area contributed by atoms with E-state index in [-0.39, 0.29) is 18.8 Å². The first-order valence-corrected chi connectivity index (χ1v) is 7.49. The molecule has 2 atom stereocenters. The molecule has 4 rings (SSSR count). The Balaban J connectivity index is 1.77. The Kier molecular flexibility index (Phi) is 3.19. The fraction of sp³-hybridized carbons (Fsp3) is 0.333. The van der Waals surface area contributed by atoms with E-state index in [1.165, 1.54) is 11.1 Å². The van der Waals surface area contributed by atoms with E-state index in [9.17, 15) is 5.11 Å². The highest BCUT2D eigenvalue weighted by atomic mass is 16.7. The van der Waals surface area contributed by atoms with Gasteiger partial charge in [0.05, 0.1) is 13.2 Å². The van der Waals surface area contributed by atoms with E-state index in [1.807, 2.05) is 18.2 Å². The molecule has 2 aromatic rings. The summed E-state index contributed by atoms with van der Waals surface area (Å²) in [6.07, 6.45) is 1.05. The van der Waals surface area contributed by atoms with Crippen LogP contribution in [0.2, 0.25) is 0 Å². The first kappa shape index (κ1) is 13.5. The minimum Gasteiger partial charge on any atom is -0.497 e. The van der Waals surface area contributed by atoms with Crippen LogP contribution in [-0.2, 0) is 6.42 Å². The van der Waals surface area contributed by atoms with Crippen molar-refractivity contribution in [3.05, 3.63) is 53.1 Å². The van der Waals surface area contributed by atoms with Gasteiger partial charge in [0.2, 0.25) is 6.79 Å². The molecule has 0 saturated carbocycles. The van der Waals surface area contributed by atoms with Gasteiger partial charge in [-0.15, -0.1) is 0 Å². The fourth-order valence-electron chi connectivity index (χ4n) is 3.39. The molecule has 1 heterocycles. The van der Waals surface area contributed by atoms with Crippen LogP contribution in [0.25, 0.3) is 0 Å². The zero-order chi connectivity index (χ0) is 15.1. The first-order valence-electron chi connectivity index (χ1n) is 7.49. The Labute approximate surface area is 129 Å². The van der Waals surface area contributed by atoms with Gasteiger partial charge in [-0.25, -0.2) is 0 Å². The van der Waals surface area contributed by atoms with Crippen LogP contribution in [0.5, 0.6) is 17.2 Å². The summed E-state index contributed by atoms with van der Waals surface area (Å²) in [6, 6.07) is 12.1. The van der Waals surface area contributed by atoms with Crippen molar-refractivity contribution >= 4 is 0 Å². The van der Waals surface area contributed by atoms with Crippen LogP contribution >= 0.6 is 0 Å². The smallest absolute Gasteiger partial charge is 0.231 e. The van der Waals surface area contributed by atoms with Gasteiger partial charge in [-0.3, -0.25) is 0 Å². The SMILES string of the molecule is COc1ccc(C2CC(O)Cc3cc4c(cc32)OCO4)cc1. The molecule has 4 heteroatoms. The zero-order valence-electron chi connectivity index (χ0n) is 12.4. The van der Waals surface area contributed by atoms with Gasteiger partial charge in [0.25, 0.3) is 0 Å². The molecular weight excluding hydrogens is 280 g/mol. The second-order valence-electron chi connectivity index (χ2n) is 5.82. The third kappa shape index (κ3) is 2.20. The number of hydrogen-bond acceptors (Lipinski definition) is 4. The van der Waals surface area contributed by atoms with Crippen molar-refractivity contribution < 1.29 is 19.3 Å². The van der Waals surface area contributed by atoms with E-state index >= 15 is 0 Å². The monoisotopic (exact) mass is 298 g/mol. The van der Waals surface area contributed by atoms with E-state index in [2.05, 4.69) is 18.2 Å². The number of rotatable bonds is 2. The van der Waals surface area contributed by atoms with Crippen LogP contribution in [-0.4, -0.2) is 25.1 Å². The van der Waals surface area contributed by atoms with Crippen molar-refractivity contribution in [2.75, 3.05) is 13.9 Å². The molecule has 1 aliphatic heterocycles. The molecule has 0 spiro atoms. The van der Waals surface area contributed by atoms with Gasteiger partial charge in [0, 0.05) is 5.92 Å². The molecule has 2 aromatic carbocycles. The van der Waals surface area contributed by atoms with Crippen LogP contribution in [0.4, 0.5) is 0 Å². The molecule has 4 nitrogen and oxygen atoms in total. The average molecular weight is 298 g/mol. The molecule has 2 aliphatic rings. The van der Waals surface area contributed by atoms with Crippen molar-refractivity contribution in [1.29, 1.82) is 0 Å². The van der Waals surface area contributed by atoms with Crippen molar-refractivity contribution in [2.45, 2.75) is 24.9 Å². The summed E-state index contributed by atoms with van der Waals surface area (Å²) in [5.74, 6) is 2.58. The lowest BCUT2D eigenvalue weighted by Gasteiger charge is -2.29. The minimum atomic E-state index is -0.333. The average Bonchev–Trinajstić information content (AvgIpc) is 2.99. The predicted octanol–water partition coefficient (Wildman–Crippen LogP) is 2.86. The summed E-state index contributed by atoms with van der Waals surface area (Å²) in [6.45, 7) is 0.272. The molecular formula is C18H18O4. The summed E-state index contributed by atoms with van der Waals surface area (Å²) in [4.78, 5) is 0. The lowest BCUT2D eigenvalue weighted by Crippen LogP contribution is -2.23. The lowest BCUT2D eigenvalue weighted by atomic mass is 9.77. The van der Waals surface area contributed by atoms with E-state index in [0.29, 0.717) is 6.42 Å². The Morgan fingerprint density at radius 3 is 2.55 bits per heavy atom. The molecule has 2 unspecified atom stereocenters. The van der Waals surface area contributed by atoms with Crippen LogP contribution in [0.15, 0.2) is 36.4 Å². The fourth-order valence-corrected chi connectivity index (χ4v) is 3.39. The van der Waals surface area contributed by atoms with E-state index < -0.39 is 0 Å². The number of ether oxygens (including phenoxy) is 3. The number of aliphatic hydroxyl groups is 1. The number of hydrogen-bond donors (Lipinski definition) is 1. The van der Waals surface area contributed by atoms with Gasteiger partial charge in [-0.1, -0.05) is 12.1 Å². The summed E-state index contributed by atoms with van der Waals surface area (Å²) >= 11 is 0. The predicted molar refractivity (Wildman–Crippen MR) is 81.7 cm³/mol. The quantitative estimate of drug-likeness (QED) is 0.926. The van der Waals surface area contributed by atoms with Crippen LogP contribution < -0.4 is 14.2 Å². The highest BCUT2D eigenvalue weighted by molar-refractivity contribution is 5.53. The standard InChI is InChI=1S/C18H18O4/c1-20-14-4-2-11(3-5-14)15-8-13(19)6-12-7-17-18(9-16(12)15)22-10-21-17/h2-5,7,9,13,15,19H,6,8,10H2,1H3. The zero-order valence-corrected chi connectivity index (χ0v) is 12.4. The van der Waals surface area contributed by atoms with Gasteiger partial charge in [0.15, 0.2) is 11.5 Å². The number of benzene rings is 2. The van der Waals surface area contributed by atoms with Gasteiger partial charge in [-0.05, 0) is 53.8 Å². The molecule has 0 bridgehead atoms. The number of aliphatic hydroxyl groups excluding tert-OH is 1. The lowest BCUT2D eigenvalue weighted by molar-refractivity contribution is 0.152. The van der Waals surface area contributed by atoms with E-state index in [0.717, 1.165) is 29.2 Å². The van der Waals surface area contributed by atoms with Crippen molar-refractivity contribution in [1.82, 2.24) is 0 Å². The van der Waals surface area contributed by atoms with Crippen molar-refractivity contribution in [3.63, 3.8) is 0 Å². The van der Waals surface area contributed by atoms with Gasteiger partial charge in [-0.2, -0.15) is 0 Å². The van der Waals surface area contributed by atoms with Gasteiger partial charge in [0.1, 0.15) is 5.75 Å². The highest BCUT2D eigenvalue weighted by Crippen LogP contribution is 2.43. The largest absolute Gasteiger partial charge is 0.497 e. The number of methoxy groups -OCH3 is 1. The molecule has 1 N–H and O–H groups in total. The Morgan fingerprint density at radius 2 is 1.82 bits per heavy atom. The van der Waals surface area contributed by atoms with Crippen LogP contribution in [0.3, 0.4) is 0 Å². The topological polar surface area (TPSA) is 47.9 Å². The third-order valence-corrected chi connectivity index (χ3v) is 4.49. The Hall–Kier alpha value is -2.20. The molecule has 0 aromatic heterocycles. The third-order valence-electron chi connectivity index (χ3n) is 4.49. The maximum Gasteiger partial charge on any atom is 0.231 e.